The number of fused-ring (bicyclic) bond motifs is 1. The third-order valence-electron chi connectivity index (χ3n) is 3.80. The number of likely N-dealkylation sites (tertiary alicyclic amines) is 1. The molecule has 102 valence electrons. The van der Waals surface area contributed by atoms with Crippen molar-refractivity contribution in [1.29, 1.82) is 0 Å². The Morgan fingerprint density at radius 3 is 3.26 bits per heavy atom. The van der Waals surface area contributed by atoms with Crippen molar-refractivity contribution in [3.63, 3.8) is 0 Å². The number of likely N-dealkylation sites (N-methyl/N-ethyl adjacent to an activating group) is 1. The van der Waals surface area contributed by atoms with E-state index in [-0.39, 0.29) is 0 Å². The lowest BCUT2D eigenvalue weighted by Crippen LogP contribution is -2.34. The molecule has 0 aliphatic carbocycles. The molecule has 1 fully saturated rings. The van der Waals surface area contributed by atoms with Crippen molar-refractivity contribution in [2.45, 2.75) is 25.8 Å². The standard InChI is InChI=1S/C13H20N6/c1-2-18-6-3-4-10(18)8-16-12-13-15-5-7-19(13)9-11(14)17-12/h5,7,9-10H,2-4,6,8,14H2,1H3,(H,16,17). The number of rotatable bonds is 4. The first-order chi connectivity index (χ1) is 9.28. The highest BCUT2D eigenvalue weighted by molar-refractivity contribution is 5.64. The zero-order valence-corrected chi connectivity index (χ0v) is 11.2. The van der Waals surface area contributed by atoms with Gasteiger partial charge in [0.1, 0.15) is 5.82 Å². The first-order valence-electron chi connectivity index (χ1n) is 6.85. The third kappa shape index (κ3) is 2.35. The van der Waals surface area contributed by atoms with Gasteiger partial charge >= 0.3 is 0 Å². The zero-order chi connectivity index (χ0) is 13.2. The normalized spacial score (nSPS) is 20.2. The molecule has 0 amide bonds. The van der Waals surface area contributed by atoms with Crippen LogP contribution in [0.4, 0.5) is 11.6 Å². The summed E-state index contributed by atoms with van der Waals surface area (Å²) in [6.07, 6.45) is 7.95. The van der Waals surface area contributed by atoms with Crippen LogP contribution in [0.25, 0.3) is 5.65 Å². The predicted octanol–water partition coefficient (Wildman–Crippen LogP) is 1.21. The molecule has 1 aliphatic heterocycles. The fraction of sp³-hybridized carbons (Fsp3) is 0.538. The second-order valence-electron chi connectivity index (χ2n) is 4.98. The molecule has 0 spiro atoms. The van der Waals surface area contributed by atoms with Crippen LogP contribution in [-0.4, -0.2) is 44.9 Å². The highest BCUT2D eigenvalue weighted by Crippen LogP contribution is 2.19. The van der Waals surface area contributed by atoms with Gasteiger partial charge in [0.2, 0.25) is 0 Å². The number of nitrogens with one attached hydrogen (secondary N) is 1. The van der Waals surface area contributed by atoms with Gasteiger partial charge < -0.3 is 15.5 Å². The Morgan fingerprint density at radius 1 is 1.53 bits per heavy atom. The molecule has 2 aromatic rings. The van der Waals surface area contributed by atoms with Crippen LogP contribution in [-0.2, 0) is 0 Å². The second kappa shape index (κ2) is 5.05. The smallest absolute Gasteiger partial charge is 0.180 e. The topological polar surface area (TPSA) is 71.5 Å². The van der Waals surface area contributed by atoms with Gasteiger partial charge in [-0.05, 0) is 25.9 Å². The largest absolute Gasteiger partial charge is 0.382 e. The quantitative estimate of drug-likeness (QED) is 0.864. The Labute approximate surface area is 112 Å². The molecule has 3 rings (SSSR count). The molecular weight excluding hydrogens is 240 g/mol. The van der Waals surface area contributed by atoms with Crippen LogP contribution >= 0.6 is 0 Å². The van der Waals surface area contributed by atoms with Crippen molar-refractivity contribution < 1.29 is 0 Å². The van der Waals surface area contributed by atoms with Gasteiger partial charge in [-0.25, -0.2) is 9.97 Å². The van der Waals surface area contributed by atoms with Gasteiger partial charge in [-0.2, -0.15) is 0 Å². The molecule has 1 aliphatic rings. The molecule has 0 bridgehead atoms. The number of aromatic nitrogens is 3. The van der Waals surface area contributed by atoms with E-state index < -0.39 is 0 Å². The van der Waals surface area contributed by atoms with E-state index in [0.717, 1.165) is 24.6 Å². The summed E-state index contributed by atoms with van der Waals surface area (Å²) >= 11 is 0. The van der Waals surface area contributed by atoms with Crippen LogP contribution in [0.15, 0.2) is 18.6 Å². The molecule has 0 radical (unpaired) electrons. The predicted molar refractivity (Wildman–Crippen MR) is 76.2 cm³/mol. The van der Waals surface area contributed by atoms with Crippen molar-refractivity contribution in [2.24, 2.45) is 0 Å². The van der Waals surface area contributed by atoms with E-state index in [1.165, 1.54) is 19.4 Å². The summed E-state index contributed by atoms with van der Waals surface area (Å²) in [5.74, 6) is 1.28. The fourth-order valence-corrected chi connectivity index (χ4v) is 2.83. The molecule has 0 aromatic carbocycles. The maximum absolute atomic E-state index is 5.81. The second-order valence-corrected chi connectivity index (χ2v) is 4.98. The maximum atomic E-state index is 5.81. The van der Waals surface area contributed by atoms with E-state index in [1.54, 1.807) is 12.4 Å². The summed E-state index contributed by atoms with van der Waals surface area (Å²) in [6, 6.07) is 0.586. The number of hydrogen-bond donors (Lipinski definition) is 2. The third-order valence-corrected chi connectivity index (χ3v) is 3.80. The lowest BCUT2D eigenvalue weighted by Gasteiger charge is -2.23. The highest BCUT2D eigenvalue weighted by Gasteiger charge is 2.22. The molecule has 3 heterocycles. The Bertz CT molecular complexity index is 563. The van der Waals surface area contributed by atoms with Crippen LogP contribution in [0.2, 0.25) is 0 Å². The lowest BCUT2D eigenvalue weighted by molar-refractivity contribution is 0.277. The van der Waals surface area contributed by atoms with Crippen molar-refractivity contribution in [3.05, 3.63) is 18.6 Å². The van der Waals surface area contributed by atoms with Gasteiger partial charge in [0.15, 0.2) is 11.5 Å². The number of nitrogens with zero attached hydrogens (tertiary/aromatic N) is 4. The minimum Gasteiger partial charge on any atom is -0.382 e. The Hall–Kier alpha value is -1.82. The van der Waals surface area contributed by atoms with Crippen LogP contribution in [0.3, 0.4) is 0 Å². The maximum Gasteiger partial charge on any atom is 0.180 e. The Balaban J connectivity index is 1.76. The minimum atomic E-state index is 0.506. The fourth-order valence-electron chi connectivity index (χ4n) is 2.83. The van der Waals surface area contributed by atoms with E-state index in [0.29, 0.717) is 11.9 Å². The monoisotopic (exact) mass is 260 g/mol. The number of imidazole rings is 1. The van der Waals surface area contributed by atoms with E-state index >= 15 is 0 Å². The summed E-state index contributed by atoms with van der Waals surface area (Å²) < 4.78 is 1.90. The van der Waals surface area contributed by atoms with E-state index in [4.69, 9.17) is 5.73 Å². The van der Waals surface area contributed by atoms with Crippen molar-refractivity contribution in [1.82, 2.24) is 19.3 Å². The summed E-state index contributed by atoms with van der Waals surface area (Å²) in [4.78, 5) is 11.2. The summed E-state index contributed by atoms with van der Waals surface area (Å²) in [5.41, 5.74) is 6.64. The SMILES string of the molecule is CCN1CCCC1CNc1nc(N)cn2ccnc12. The van der Waals surface area contributed by atoms with Gasteiger partial charge in [0.25, 0.3) is 0 Å². The van der Waals surface area contributed by atoms with Crippen LogP contribution in [0.5, 0.6) is 0 Å². The Morgan fingerprint density at radius 2 is 2.42 bits per heavy atom. The van der Waals surface area contributed by atoms with E-state index in [2.05, 4.69) is 27.1 Å². The van der Waals surface area contributed by atoms with Crippen LogP contribution in [0.1, 0.15) is 19.8 Å². The summed E-state index contributed by atoms with van der Waals surface area (Å²) in [5, 5.41) is 3.40. The molecular formula is C13H20N6. The van der Waals surface area contributed by atoms with Crippen molar-refractivity contribution >= 4 is 17.3 Å². The molecule has 1 unspecified atom stereocenters. The molecule has 19 heavy (non-hydrogen) atoms. The van der Waals surface area contributed by atoms with Gasteiger partial charge in [-0.15, -0.1) is 0 Å². The molecule has 3 N–H and O–H groups in total. The highest BCUT2D eigenvalue weighted by atomic mass is 15.2. The van der Waals surface area contributed by atoms with Gasteiger partial charge in [-0.3, -0.25) is 4.90 Å². The van der Waals surface area contributed by atoms with Crippen molar-refractivity contribution in [2.75, 3.05) is 30.7 Å². The molecule has 6 heteroatoms. The molecule has 0 saturated carbocycles. The first kappa shape index (κ1) is 12.2. The van der Waals surface area contributed by atoms with E-state index in [9.17, 15) is 0 Å². The molecule has 2 aromatic heterocycles. The molecule has 1 saturated heterocycles. The number of nitrogen functional groups attached to an aromatic ring is 1. The summed E-state index contributed by atoms with van der Waals surface area (Å²) in [6.45, 7) is 5.41. The first-order valence-corrected chi connectivity index (χ1v) is 6.85. The average Bonchev–Trinajstić information content (AvgIpc) is 3.03. The van der Waals surface area contributed by atoms with E-state index in [1.807, 2.05) is 10.6 Å². The number of nitrogens with two attached hydrogens (primary N) is 1. The average molecular weight is 260 g/mol. The molecule has 1 atom stereocenters. The van der Waals surface area contributed by atoms with Crippen LogP contribution < -0.4 is 11.1 Å². The number of hydrogen-bond acceptors (Lipinski definition) is 5. The van der Waals surface area contributed by atoms with Gasteiger partial charge in [-0.1, -0.05) is 6.92 Å². The minimum absolute atomic E-state index is 0.506. The van der Waals surface area contributed by atoms with Gasteiger partial charge in [0, 0.05) is 25.0 Å². The number of anilines is 2. The van der Waals surface area contributed by atoms with Crippen LogP contribution in [0, 0.1) is 0 Å². The lowest BCUT2D eigenvalue weighted by atomic mass is 10.2. The molecule has 6 nitrogen and oxygen atoms in total. The van der Waals surface area contributed by atoms with Crippen molar-refractivity contribution in [3.8, 4) is 0 Å². The van der Waals surface area contributed by atoms with Gasteiger partial charge in [0.05, 0.1) is 6.20 Å². The Kier molecular flexibility index (Phi) is 3.25. The zero-order valence-electron chi connectivity index (χ0n) is 11.2. The summed E-state index contributed by atoms with van der Waals surface area (Å²) in [7, 11) is 0.